The van der Waals surface area contributed by atoms with Crippen LogP contribution in [0.2, 0.25) is 10.0 Å². The van der Waals surface area contributed by atoms with Crippen LogP contribution in [0.25, 0.3) is 0 Å². The van der Waals surface area contributed by atoms with Crippen molar-refractivity contribution >= 4 is 35.0 Å². The molecule has 1 heterocycles. The third-order valence-electron chi connectivity index (χ3n) is 7.35. The van der Waals surface area contributed by atoms with Crippen LogP contribution in [0.15, 0.2) is 42.5 Å². The second-order valence-corrected chi connectivity index (χ2v) is 10.7. The molecule has 1 saturated carbocycles. The fraction of sp³-hybridized carbons (Fsp3) is 0.500. The quantitative estimate of drug-likeness (QED) is 0.443. The van der Waals surface area contributed by atoms with E-state index in [-0.39, 0.29) is 29.8 Å². The first-order valence-electron chi connectivity index (χ1n) is 12.8. The van der Waals surface area contributed by atoms with E-state index in [1.165, 1.54) is 0 Å². The van der Waals surface area contributed by atoms with Gasteiger partial charge in [0.1, 0.15) is 5.75 Å². The van der Waals surface area contributed by atoms with Gasteiger partial charge in [-0.15, -0.1) is 0 Å². The topological polar surface area (TPSA) is 70.7 Å². The van der Waals surface area contributed by atoms with Gasteiger partial charge in [-0.05, 0) is 67.5 Å². The molecular weight excluding hydrogens is 497 g/mol. The molecule has 1 aliphatic heterocycles. The number of nitrogens with one attached hydrogen (secondary N) is 2. The monoisotopic (exact) mass is 531 g/mol. The zero-order valence-electron chi connectivity index (χ0n) is 20.8. The van der Waals surface area contributed by atoms with E-state index in [9.17, 15) is 9.59 Å². The van der Waals surface area contributed by atoms with E-state index in [1.807, 2.05) is 36.4 Å². The maximum atomic E-state index is 12.7. The normalized spacial score (nSPS) is 17.8. The van der Waals surface area contributed by atoms with Crippen LogP contribution < -0.4 is 15.4 Å². The predicted molar refractivity (Wildman–Crippen MR) is 144 cm³/mol. The molecule has 2 aromatic rings. The summed E-state index contributed by atoms with van der Waals surface area (Å²) >= 11 is 12.4. The van der Waals surface area contributed by atoms with Crippen molar-refractivity contribution in [2.24, 2.45) is 5.92 Å². The van der Waals surface area contributed by atoms with Gasteiger partial charge in [-0.25, -0.2) is 0 Å². The highest BCUT2D eigenvalue weighted by Crippen LogP contribution is 2.30. The number of carbonyl (C=O) groups excluding carboxylic acids is 2. The molecule has 1 aliphatic carbocycles. The summed E-state index contributed by atoms with van der Waals surface area (Å²) in [5.74, 6) is 1.11. The predicted octanol–water partition coefficient (Wildman–Crippen LogP) is 5.17. The summed E-state index contributed by atoms with van der Waals surface area (Å²) < 4.78 is 5.18. The molecular formula is C28H35Cl2N3O3. The van der Waals surface area contributed by atoms with Gasteiger partial charge >= 0.3 is 0 Å². The van der Waals surface area contributed by atoms with Gasteiger partial charge in [0.25, 0.3) is 0 Å². The number of benzene rings is 2. The summed E-state index contributed by atoms with van der Waals surface area (Å²) in [5, 5.41) is 7.46. The number of carbonyl (C=O) groups is 2. The standard InChI is InChI=1S/C28H35Cl2N3O3/c1-36-23-8-5-19(6-9-23)17-27(34)31-22-11-14-33(15-12-22)16-13-26(32-28(35)20-3-2-4-20)21-7-10-24(29)25(30)18-21/h5-10,18,20,22,26H,2-4,11-17H2,1H3,(H,31,34)(H,32,35). The van der Waals surface area contributed by atoms with E-state index in [4.69, 9.17) is 27.9 Å². The van der Waals surface area contributed by atoms with Gasteiger partial charge in [-0.1, -0.05) is 47.8 Å². The number of hydrogen-bond acceptors (Lipinski definition) is 4. The van der Waals surface area contributed by atoms with Gasteiger partial charge in [-0.2, -0.15) is 0 Å². The smallest absolute Gasteiger partial charge is 0.224 e. The zero-order valence-corrected chi connectivity index (χ0v) is 22.3. The van der Waals surface area contributed by atoms with E-state index in [0.717, 1.165) is 75.0 Å². The summed E-state index contributed by atoms with van der Waals surface area (Å²) in [4.78, 5) is 27.6. The van der Waals surface area contributed by atoms with Crippen molar-refractivity contribution in [2.75, 3.05) is 26.7 Å². The van der Waals surface area contributed by atoms with E-state index >= 15 is 0 Å². The lowest BCUT2D eigenvalue weighted by atomic mass is 9.84. The number of rotatable bonds is 10. The van der Waals surface area contributed by atoms with Crippen molar-refractivity contribution in [1.82, 2.24) is 15.5 Å². The summed E-state index contributed by atoms with van der Waals surface area (Å²) in [5.41, 5.74) is 1.96. The molecule has 36 heavy (non-hydrogen) atoms. The van der Waals surface area contributed by atoms with Crippen molar-refractivity contribution in [3.63, 3.8) is 0 Å². The van der Waals surface area contributed by atoms with Crippen LogP contribution in [0, 0.1) is 5.92 Å². The molecule has 4 rings (SSSR count). The highest BCUT2D eigenvalue weighted by molar-refractivity contribution is 6.42. The van der Waals surface area contributed by atoms with Crippen molar-refractivity contribution in [3.05, 3.63) is 63.6 Å². The van der Waals surface area contributed by atoms with Gasteiger partial charge in [-0.3, -0.25) is 9.59 Å². The van der Waals surface area contributed by atoms with Crippen LogP contribution in [0.1, 0.15) is 55.7 Å². The van der Waals surface area contributed by atoms with Crippen LogP contribution in [-0.2, 0) is 16.0 Å². The summed E-state index contributed by atoms with van der Waals surface area (Å²) in [6.45, 7) is 2.69. The number of ether oxygens (including phenoxy) is 1. The molecule has 6 nitrogen and oxygen atoms in total. The molecule has 0 radical (unpaired) electrons. The molecule has 8 heteroatoms. The van der Waals surface area contributed by atoms with Crippen LogP contribution in [0.4, 0.5) is 0 Å². The molecule has 0 spiro atoms. The van der Waals surface area contributed by atoms with Crippen molar-refractivity contribution in [2.45, 2.75) is 57.0 Å². The minimum Gasteiger partial charge on any atom is -0.497 e. The highest BCUT2D eigenvalue weighted by Gasteiger charge is 2.28. The van der Waals surface area contributed by atoms with Crippen LogP contribution in [0.5, 0.6) is 5.75 Å². The Labute approximate surface area is 223 Å². The van der Waals surface area contributed by atoms with Gasteiger partial charge in [0.15, 0.2) is 0 Å². The fourth-order valence-corrected chi connectivity index (χ4v) is 5.14. The van der Waals surface area contributed by atoms with Crippen LogP contribution >= 0.6 is 23.2 Å². The number of piperidine rings is 1. The molecule has 2 aliphatic rings. The Morgan fingerprint density at radius 3 is 2.36 bits per heavy atom. The number of likely N-dealkylation sites (tertiary alicyclic amines) is 1. The van der Waals surface area contributed by atoms with E-state index in [2.05, 4.69) is 15.5 Å². The van der Waals surface area contributed by atoms with E-state index in [1.54, 1.807) is 13.2 Å². The minimum atomic E-state index is -0.102. The van der Waals surface area contributed by atoms with E-state index < -0.39 is 0 Å². The van der Waals surface area contributed by atoms with E-state index in [0.29, 0.717) is 16.5 Å². The van der Waals surface area contributed by atoms with Gasteiger partial charge in [0.05, 0.1) is 29.6 Å². The number of halogens is 2. The first kappa shape index (κ1) is 26.8. The third kappa shape index (κ3) is 7.37. The average molecular weight is 533 g/mol. The maximum Gasteiger partial charge on any atom is 0.224 e. The molecule has 0 aromatic heterocycles. The Hall–Kier alpha value is -2.28. The second kappa shape index (κ2) is 12.8. The summed E-state index contributed by atoms with van der Waals surface area (Å²) in [6.07, 6.45) is 6.07. The van der Waals surface area contributed by atoms with Crippen LogP contribution in [0.3, 0.4) is 0 Å². The van der Waals surface area contributed by atoms with Gasteiger partial charge < -0.3 is 20.3 Å². The lowest BCUT2D eigenvalue weighted by Crippen LogP contribution is -2.46. The van der Waals surface area contributed by atoms with Crippen molar-refractivity contribution in [1.29, 1.82) is 0 Å². The Morgan fingerprint density at radius 1 is 1.03 bits per heavy atom. The number of methoxy groups -OCH3 is 1. The number of amides is 2. The number of nitrogens with zero attached hydrogens (tertiary/aromatic N) is 1. The van der Waals surface area contributed by atoms with Crippen molar-refractivity contribution in [3.8, 4) is 5.75 Å². The third-order valence-corrected chi connectivity index (χ3v) is 8.09. The largest absolute Gasteiger partial charge is 0.497 e. The lowest BCUT2D eigenvalue weighted by molar-refractivity contribution is -0.128. The maximum absolute atomic E-state index is 12.7. The molecule has 2 fully saturated rings. The summed E-state index contributed by atoms with van der Waals surface area (Å²) in [6, 6.07) is 13.3. The lowest BCUT2D eigenvalue weighted by Gasteiger charge is -2.34. The summed E-state index contributed by atoms with van der Waals surface area (Å²) in [7, 11) is 1.63. The molecule has 0 bridgehead atoms. The first-order valence-corrected chi connectivity index (χ1v) is 13.6. The number of hydrogen-bond donors (Lipinski definition) is 2. The Morgan fingerprint density at radius 2 is 1.75 bits per heavy atom. The fourth-order valence-electron chi connectivity index (χ4n) is 4.83. The van der Waals surface area contributed by atoms with Gasteiger partial charge in [0.2, 0.25) is 11.8 Å². The molecule has 1 unspecified atom stereocenters. The zero-order chi connectivity index (χ0) is 25.5. The van der Waals surface area contributed by atoms with Crippen molar-refractivity contribution < 1.29 is 14.3 Å². The average Bonchev–Trinajstić information content (AvgIpc) is 2.83. The van der Waals surface area contributed by atoms with Gasteiger partial charge in [0, 0.05) is 31.6 Å². The Bertz CT molecular complexity index is 1030. The molecule has 2 aromatic carbocycles. The molecule has 2 amide bonds. The molecule has 1 saturated heterocycles. The molecule has 194 valence electrons. The SMILES string of the molecule is COc1ccc(CC(=O)NC2CCN(CCC(NC(=O)C3CCC3)c3ccc(Cl)c(Cl)c3)CC2)cc1. The molecule has 1 atom stereocenters. The highest BCUT2D eigenvalue weighted by atomic mass is 35.5. The first-order chi connectivity index (χ1) is 17.4. The Kier molecular flexibility index (Phi) is 9.52. The molecule has 2 N–H and O–H groups in total. The second-order valence-electron chi connectivity index (χ2n) is 9.86. The Balaban J connectivity index is 1.25. The minimum absolute atomic E-state index is 0.0528. The van der Waals surface area contributed by atoms with Crippen LogP contribution in [-0.4, -0.2) is 49.5 Å².